The third kappa shape index (κ3) is 3.68. The Morgan fingerprint density at radius 1 is 1.32 bits per heavy atom. The summed E-state index contributed by atoms with van der Waals surface area (Å²) < 4.78 is 27.2. The van der Waals surface area contributed by atoms with Crippen molar-refractivity contribution in [1.29, 1.82) is 0 Å². The standard InChI is InChI=1S/C13H22N2O3S/c1-8(2)12(7-16)15-19(17,18)13-6-9(3)5-11(14)10(13)4/h5-6,8,12,15-16H,7,14H2,1-4H3. The van der Waals surface area contributed by atoms with E-state index in [1.165, 1.54) is 0 Å². The number of nitrogen functional groups attached to an aromatic ring is 1. The normalized spacial score (nSPS) is 13.8. The molecule has 1 aromatic rings. The van der Waals surface area contributed by atoms with E-state index >= 15 is 0 Å². The number of anilines is 1. The highest BCUT2D eigenvalue weighted by Gasteiger charge is 2.24. The molecule has 0 saturated carbocycles. The Labute approximate surface area is 114 Å². The van der Waals surface area contributed by atoms with Gasteiger partial charge in [0, 0.05) is 11.7 Å². The van der Waals surface area contributed by atoms with Crippen LogP contribution in [-0.2, 0) is 10.0 Å². The minimum atomic E-state index is -3.68. The van der Waals surface area contributed by atoms with Crippen LogP contribution in [0.5, 0.6) is 0 Å². The second-order valence-corrected chi connectivity index (χ2v) is 6.81. The highest BCUT2D eigenvalue weighted by Crippen LogP contribution is 2.23. The number of hydrogen-bond acceptors (Lipinski definition) is 4. The van der Waals surface area contributed by atoms with Crippen molar-refractivity contribution in [3.05, 3.63) is 23.3 Å². The first kappa shape index (κ1) is 15.9. The number of hydrogen-bond donors (Lipinski definition) is 3. The van der Waals surface area contributed by atoms with Crippen LogP contribution in [0.4, 0.5) is 5.69 Å². The molecule has 0 aliphatic rings. The lowest BCUT2D eigenvalue weighted by atomic mass is 10.1. The maximum Gasteiger partial charge on any atom is 0.241 e. The number of nitrogens with one attached hydrogen (secondary N) is 1. The fourth-order valence-electron chi connectivity index (χ4n) is 1.78. The second kappa shape index (κ2) is 5.90. The highest BCUT2D eigenvalue weighted by atomic mass is 32.2. The van der Waals surface area contributed by atoms with Crippen LogP contribution < -0.4 is 10.5 Å². The molecule has 0 fully saturated rings. The molecule has 19 heavy (non-hydrogen) atoms. The van der Waals surface area contributed by atoms with Gasteiger partial charge < -0.3 is 10.8 Å². The molecule has 5 nitrogen and oxygen atoms in total. The van der Waals surface area contributed by atoms with Crippen LogP contribution >= 0.6 is 0 Å². The van der Waals surface area contributed by atoms with E-state index in [-0.39, 0.29) is 17.4 Å². The van der Waals surface area contributed by atoms with Crippen molar-refractivity contribution in [2.75, 3.05) is 12.3 Å². The topological polar surface area (TPSA) is 92.4 Å². The fourth-order valence-corrected chi connectivity index (χ4v) is 3.51. The number of rotatable bonds is 5. The minimum absolute atomic E-state index is 0.00207. The number of aliphatic hydroxyl groups is 1. The maximum atomic E-state index is 12.4. The molecule has 1 unspecified atom stereocenters. The van der Waals surface area contributed by atoms with E-state index in [1.807, 2.05) is 13.8 Å². The van der Waals surface area contributed by atoms with Gasteiger partial charge in [0.15, 0.2) is 0 Å². The van der Waals surface area contributed by atoms with Crippen molar-refractivity contribution in [3.63, 3.8) is 0 Å². The van der Waals surface area contributed by atoms with Crippen molar-refractivity contribution >= 4 is 15.7 Å². The molecular weight excluding hydrogens is 264 g/mol. The number of benzene rings is 1. The molecular formula is C13H22N2O3S. The Morgan fingerprint density at radius 2 is 1.89 bits per heavy atom. The molecule has 108 valence electrons. The Morgan fingerprint density at radius 3 is 2.37 bits per heavy atom. The van der Waals surface area contributed by atoms with Gasteiger partial charge in [0.2, 0.25) is 10.0 Å². The van der Waals surface area contributed by atoms with Crippen molar-refractivity contribution in [2.45, 2.75) is 38.6 Å². The number of nitrogens with two attached hydrogens (primary N) is 1. The summed E-state index contributed by atoms with van der Waals surface area (Å²) in [6, 6.07) is 2.81. The lowest BCUT2D eigenvalue weighted by Gasteiger charge is -2.21. The molecule has 0 radical (unpaired) electrons. The molecule has 0 amide bonds. The Kier molecular flexibility index (Phi) is 4.95. The molecule has 0 bridgehead atoms. The van der Waals surface area contributed by atoms with Crippen LogP contribution in [-0.4, -0.2) is 26.2 Å². The first-order valence-electron chi connectivity index (χ1n) is 6.19. The van der Waals surface area contributed by atoms with E-state index in [0.717, 1.165) is 5.56 Å². The zero-order valence-electron chi connectivity index (χ0n) is 11.8. The smallest absolute Gasteiger partial charge is 0.241 e. The van der Waals surface area contributed by atoms with Crippen molar-refractivity contribution in [1.82, 2.24) is 4.72 Å². The van der Waals surface area contributed by atoms with Gasteiger partial charge in [0.25, 0.3) is 0 Å². The summed E-state index contributed by atoms with van der Waals surface area (Å²) in [5, 5.41) is 9.23. The lowest BCUT2D eigenvalue weighted by Crippen LogP contribution is -2.41. The predicted molar refractivity (Wildman–Crippen MR) is 76.4 cm³/mol. The van der Waals surface area contributed by atoms with Gasteiger partial charge in [0.1, 0.15) is 0 Å². The van der Waals surface area contributed by atoms with Crippen LogP contribution in [0.25, 0.3) is 0 Å². The van der Waals surface area contributed by atoms with Crippen LogP contribution in [0.2, 0.25) is 0 Å². The lowest BCUT2D eigenvalue weighted by molar-refractivity contribution is 0.227. The number of aliphatic hydroxyl groups excluding tert-OH is 1. The largest absolute Gasteiger partial charge is 0.398 e. The van der Waals surface area contributed by atoms with E-state index in [0.29, 0.717) is 11.3 Å². The molecule has 0 aromatic heterocycles. The molecule has 0 spiro atoms. The first-order chi connectivity index (χ1) is 8.69. The molecule has 1 atom stereocenters. The minimum Gasteiger partial charge on any atom is -0.398 e. The molecule has 1 aromatic carbocycles. The van der Waals surface area contributed by atoms with Gasteiger partial charge in [-0.05, 0) is 43.0 Å². The Bertz CT molecular complexity index is 553. The van der Waals surface area contributed by atoms with Crippen LogP contribution in [0.15, 0.2) is 17.0 Å². The average Bonchev–Trinajstić information content (AvgIpc) is 2.30. The van der Waals surface area contributed by atoms with E-state index < -0.39 is 16.1 Å². The van der Waals surface area contributed by atoms with E-state index in [4.69, 9.17) is 5.73 Å². The van der Waals surface area contributed by atoms with Crippen molar-refractivity contribution in [3.8, 4) is 0 Å². The monoisotopic (exact) mass is 286 g/mol. The van der Waals surface area contributed by atoms with E-state index in [1.54, 1.807) is 26.0 Å². The summed E-state index contributed by atoms with van der Waals surface area (Å²) in [4.78, 5) is 0.170. The average molecular weight is 286 g/mol. The maximum absolute atomic E-state index is 12.4. The van der Waals surface area contributed by atoms with E-state index in [2.05, 4.69) is 4.72 Å². The summed E-state index contributed by atoms with van der Waals surface area (Å²) in [6.45, 7) is 6.92. The van der Waals surface area contributed by atoms with Crippen LogP contribution in [0.1, 0.15) is 25.0 Å². The highest BCUT2D eigenvalue weighted by molar-refractivity contribution is 7.89. The molecule has 6 heteroatoms. The van der Waals surface area contributed by atoms with Gasteiger partial charge in [-0.2, -0.15) is 0 Å². The predicted octanol–water partition coefficient (Wildman–Crippen LogP) is 1.18. The molecule has 0 heterocycles. The summed E-state index contributed by atoms with van der Waals surface area (Å²) in [5.74, 6) is 0.00207. The zero-order chi connectivity index (χ0) is 14.8. The molecule has 1 rings (SSSR count). The SMILES string of the molecule is Cc1cc(N)c(C)c(S(=O)(=O)NC(CO)C(C)C)c1. The van der Waals surface area contributed by atoms with Gasteiger partial charge in [-0.1, -0.05) is 13.8 Å². The third-order valence-electron chi connectivity index (χ3n) is 3.14. The Balaban J connectivity index is 3.21. The van der Waals surface area contributed by atoms with Crippen molar-refractivity contribution in [2.24, 2.45) is 5.92 Å². The van der Waals surface area contributed by atoms with Crippen LogP contribution in [0, 0.1) is 19.8 Å². The number of aryl methyl sites for hydroxylation is 1. The quantitative estimate of drug-likeness (QED) is 0.709. The van der Waals surface area contributed by atoms with E-state index in [9.17, 15) is 13.5 Å². The Hall–Kier alpha value is -1.11. The molecule has 4 N–H and O–H groups in total. The molecule has 0 saturated heterocycles. The van der Waals surface area contributed by atoms with Crippen LogP contribution in [0.3, 0.4) is 0 Å². The first-order valence-corrected chi connectivity index (χ1v) is 7.67. The summed E-state index contributed by atoms with van der Waals surface area (Å²) in [6.07, 6.45) is 0. The van der Waals surface area contributed by atoms with Gasteiger partial charge in [-0.3, -0.25) is 0 Å². The van der Waals surface area contributed by atoms with Gasteiger partial charge in [-0.25, -0.2) is 13.1 Å². The van der Waals surface area contributed by atoms with Crippen molar-refractivity contribution < 1.29 is 13.5 Å². The number of sulfonamides is 1. The van der Waals surface area contributed by atoms with Gasteiger partial charge in [-0.15, -0.1) is 0 Å². The van der Waals surface area contributed by atoms with Gasteiger partial charge >= 0.3 is 0 Å². The van der Waals surface area contributed by atoms with Gasteiger partial charge in [0.05, 0.1) is 11.5 Å². The third-order valence-corrected chi connectivity index (χ3v) is 4.76. The summed E-state index contributed by atoms with van der Waals surface area (Å²) >= 11 is 0. The summed E-state index contributed by atoms with van der Waals surface area (Å²) in [5.41, 5.74) is 7.56. The fraction of sp³-hybridized carbons (Fsp3) is 0.538. The molecule has 0 aliphatic carbocycles. The second-order valence-electron chi connectivity index (χ2n) is 5.13. The zero-order valence-corrected chi connectivity index (χ0v) is 12.6. The molecule has 0 aliphatic heterocycles. The summed E-state index contributed by atoms with van der Waals surface area (Å²) in [7, 11) is -3.68.